The summed E-state index contributed by atoms with van der Waals surface area (Å²) in [5.74, 6) is 0.294. The summed E-state index contributed by atoms with van der Waals surface area (Å²) >= 11 is 0. The normalized spacial score (nSPS) is 15.3. The first kappa shape index (κ1) is 33.7. The molecule has 1 aliphatic rings. The van der Waals surface area contributed by atoms with E-state index < -0.39 is 17.7 Å². The zero-order chi connectivity index (χ0) is 32.8. The first-order chi connectivity index (χ1) is 21.3. The second kappa shape index (κ2) is 14.3. The van der Waals surface area contributed by atoms with Crippen molar-refractivity contribution >= 4 is 17.3 Å². The quantitative estimate of drug-likeness (QED) is 0.177. The molecule has 0 amide bonds. The van der Waals surface area contributed by atoms with Crippen LogP contribution in [0.1, 0.15) is 84.2 Å². The number of carbonyl (C=O) groups excluding carboxylic acids is 1. The first-order valence-electron chi connectivity index (χ1n) is 15.7. The number of pyridine rings is 2. The standard InChI is InChI=1S/C36H47N5O4/c1-24(2)44-34(42)33(45-35(4,5)6)31-25(3)39-23-29(32(31)41-18-15-36(7,8)16-19-41)30-14-11-27(22-40-30)38-17-20-43-28-12-9-26(21-37)10-13-28/h9-14,22-24,33,38H,15-20H2,1-8H3/t33-/m0/s1. The van der Waals surface area contributed by atoms with Gasteiger partial charge < -0.3 is 24.4 Å². The number of aromatic nitrogens is 2. The van der Waals surface area contributed by atoms with Crippen molar-refractivity contribution in [1.29, 1.82) is 5.26 Å². The topological polar surface area (TPSA) is 110 Å². The number of piperidine rings is 1. The lowest BCUT2D eigenvalue weighted by molar-refractivity contribution is -0.171. The van der Waals surface area contributed by atoms with Crippen molar-refractivity contribution in [2.24, 2.45) is 5.41 Å². The third-order valence-electron chi connectivity index (χ3n) is 7.74. The number of benzene rings is 1. The highest BCUT2D eigenvalue weighted by molar-refractivity contribution is 5.86. The van der Waals surface area contributed by atoms with Crippen LogP contribution in [0.5, 0.6) is 5.75 Å². The molecule has 1 aromatic carbocycles. The van der Waals surface area contributed by atoms with Crippen LogP contribution in [0.4, 0.5) is 11.4 Å². The van der Waals surface area contributed by atoms with Crippen LogP contribution in [0.25, 0.3) is 11.3 Å². The lowest BCUT2D eigenvalue weighted by atomic mass is 9.82. The molecule has 0 saturated carbocycles. The van der Waals surface area contributed by atoms with E-state index in [4.69, 9.17) is 29.4 Å². The maximum Gasteiger partial charge on any atom is 0.340 e. The number of nitriles is 1. The van der Waals surface area contributed by atoms with Gasteiger partial charge in [0.25, 0.3) is 0 Å². The smallest absolute Gasteiger partial charge is 0.340 e. The van der Waals surface area contributed by atoms with Crippen LogP contribution in [0, 0.1) is 23.7 Å². The molecule has 240 valence electrons. The summed E-state index contributed by atoms with van der Waals surface area (Å²) < 4.78 is 18.0. The minimum Gasteiger partial charge on any atom is -0.492 e. The molecule has 3 heterocycles. The van der Waals surface area contributed by atoms with Crippen LogP contribution in [0.15, 0.2) is 48.8 Å². The number of nitrogens with one attached hydrogen (secondary N) is 1. The molecule has 1 fully saturated rings. The number of anilines is 2. The first-order valence-corrected chi connectivity index (χ1v) is 15.7. The van der Waals surface area contributed by atoms with E-state index in [2.05, 4.69) is 30.1 Å². The number of carbonyl (C=O) groups is 1. The highest BCUT2D eigenvalue weighted by atomic mass is 16.6. The fourth-order valence-electron chi connectivity index (χ4n) is 5.31. The van der Waals surface area contributed by atoms with E-state index in [1.54, 1.807) is 30.5 Å². The van der Waals surface area contributed by atoms with E-state index in [-0.39, 0.29) is 11.5 Å². The molecule has 1 N–H and O–H groups in total. The molecule has 9 nitrogen and oxygen atoms in total. The van der Waals surface area contributed by atoms with Crippen LogP contribution >= 0.6 is 0 Å². The maximum atomic E-state index is 13.6. The molecule has 1 atom stereocenters. The number of esters is 1. The SMILES string of the molecule is Cc1ncc(-c2ccc(NCCOc3ccc(C#N)cc3)cn2)c(N2CCC(C)(C)CC2)c1[C@H](OC(C)(C)C)C(=O)OC(C)C. The molecule has 3 aromatic rings. The summed E-state index contributed by atoms with van der Waals surface area (Å²) in [6, 6.07) is 13.1. The molecule has 0 spiro atoms. The van der Waals surface area contributed by atoms with Gasteiger partial charge in [-0.15, -0.1) is 0 Å². The van der Waals surface area contributed by atoms with Crippen molar-refractivity contribution in [3.63, 3.8) is 0 Å². The van der Waals surface area contributed by atoms with Crippen LogP contribution in [0.2, 0.25) is 0 Å². The van der Waals surface area contributed by atoms with Crippen molar-refractivity contribution in [2.75, 3.05) is 36.5 Å². The fraction of sp³-hybridized carbons (Fsp3) is 0.500. The van der Waals surface area contributed by atoms with Gasteiger partial charge in [-0.25, -0.2) is 4.79 Å². The number of ether oxygens (including phenoxy) is 3. The van der Waals surface area contributed by atoms with Crippen LogP contribution in [-0.2, 0) is 14.3 Å². The average Bonchev–Trinajstić information content (AvgIpc) is 2.98. The maximum absolute atomic E-state index is 13.6. The van der Waals surface area contributed by atoms with E-state index in [1.165, 1.54) is 0 Å². The van der Waals surface area contributed by atoms with E-state index in [0.29, 0.717) is 24.5 Å². The number of rotatable bonds is 11. The molecule has 9 heteroatoms. The molecule has 1 saturated heterocycles. The zero-order valence-corrected chi connectivity index (χ0v) is 27.9. The monoisotopic (exact) mass is 613 g/mol. The van der Waals surface area contributed by atoms with Crippen LogP contribution in [0.3, 0.4) is 0 Å². The molecule has 4 rings (SSSR count). The predicted octanol–water partition coefficient (Wildman–Crippen LogP) is 7.25. The molecule has 0 unspecified atom stereocenters. The molecule has 1 aliphatic heterocycles. The number of hydrogen-bond donors (Lipinski definition) is 1. The highest BCUT2D eigenvalue weighted by Crippen LogP contribution is 2.43. The van der Waals surface area contributed by atoms with Gasteiger partial charge in [0, 0.05) is 42.7 Å². The Morgan fingerprint density at radius 2 is 1.76 bits per heavy atom. The van der Waals surface area contributed by atoms with Crippen molar-refractivity contribution in [1.82, 2.24) is 9.97 Å². The van der Waals surface area contributed by atoms with Crippen molar-refractivity contribution in [3.8, 4) is 23.1 Å². The van der Waals surface area contributed by atoms with E-state index >= 15 is 0 Å². The van der Waals surface area contributed by atoms with E-state index in [1.807, 2.05) is 59.9 Å². The summed E-state index contributed by atoms with van der Waals surface area (Å²) in [5.41, 5.74) is 5.11. The number of aryl methyl sites for hydroxylation is 1. The second-order valence-corrected chi connectivity index (χ2v) is 13.6. The Bertz CT molecular complexity index is 1480. The Kier molecular flexibility index (Phi) is 10.7. The number of hydrogen-bond acceptors (Lipinski definition) is 9. The van der Waals surface area contributed by atoms with Gasteiger partial charge in [0.1, 0.15) is 12.4 Å². The molecule has 0 aliphatic carbocycles. The lowest BCUT2D eigenvalue weighted by Gasteiger charge is -2.41. The molecule has 0 radical (unpaired) electrons. The predicted molar refractivity (Wildman–Crippen MR) is 177 cm³/mol. The molecule has 0 bridgehead atoms. The van der Waals surface area contributed by atoms with Gasteiger partial charge in [0.05, 0.1) is 46.6 Å². The third kappa shape index (κ3) is 9.18. The van der Waals surface area contributed by atoms with Crippen molar-refractivity contribution in [3.05, 3.63) is 65.6 Å². The van der Waals surface area contributed by atoms with Crippen molar-refractivity contribution in [2.45, 2.75) is 86.0 Å². The van der Waals surface area contributed by atoms with Gasteiger partial charge in [-0.3, -0.25) is 9.97 Å². The molecule has 45 heavy (non-hydrogen) atoms. The highest BCUT2D eigenvalue weighted by Gasteiger charge is 2.37. The Balaban J connectivity index is 1.64. The minimum atomic E-state index is -0.943. The van der Waals surface area contributed by atoms with Crippen LogP contribution in [-0.4, -0.2) is 53.9 Å². The van der Waals surface area contributed by atoms with Crippen molar-refractivity contribution < 1.29 is 19.0 Å². The fourth-order valence-corrected chi connectivity index (χ4v) is 5.31. The third-order valence-corrected chi connectivity index (χ3v) is 7.74. The summed E-state index contributed by atoms with van der Waals surface area (Å²) in [7, 11) is 0. The largest absolute Gasteiger partial charge is 0.492 e. The molecule has 2 aromatic heterocycles. The second-order valence-electron chi connectivity index (χ2n) is 13.6. The summed E-state index contributed by atoms with van der Waals surface area (Å²) in [6.45, 7) is 18.8. The van der Waals surface area contributed by atoms with Gasteiger partial charge in [-0.2, -0.15) is 5.26 Å². The summed E-state index contributed by atoms with van der Waals surface area (Å²) in [6.07, 6.45) is 4.48. The molecular formula is C36H47N5O4. The zero-order valence-electron chi connectivity index (χ0n) is 27.9. The Morgan fingerprint density at radius 3 is 2.33 bits per heavy atom. The van der Waals surface area contributed by atoms with Gasteiger partial charge in [-0.05, 0) is 96.2 Å². The Morgan fingerprint density at radius 1 is 1.07 bits per heavy atom. The van der Waals surface area contributed by atoms with E-state index in [0.717, 1.165) is 59.8 Å². The van der Waals surface area contributed by atoms with Gasteiger partial charge in [-0.1, -0.05) is 13.8 Å². The summed E-state index contributed by atoms with van der Waals surface area (Å²) in [5, 5.41) is 12.3. The lowest BCUT2D eigenvalue weighted by Crippen LogP contribution is -2.39. The Hall–Kier alpha value is -4.16. The number of nitrogens with zero attached hydrogens (tertiary/aromatic N) is 4. The molecular weight excluding hydrogens is 566 g/mol. The van der Waals surface area contributed by atoms with Crippen LogP contribution < -0.4 is 15.0 Å². The van der Waals surface area contributed by atoms with E-state index in [9.17, 15) is 4.79 Å². The Labute approximate surface area is 267 Å². The van der Waals surface area contributed by atoms with Gasteiger partial charge >= 0.3 is 5.97 Å². The van der Waals surface area contributed by atoms with Gasteiger partial charge in [0.15, 0.2) is 6.10 Å². The minimum absolute atomic E-state index is 0.242. The van der Waals surface area contributed by atoms with Gasteiger partial charge in [0.2, 0.25) is 0 Å². The average molecular weight is 614 g/mol. The summed E-state index contributed by atoms with van der Waals surface area (Å²) in [4.78, 5) is 25.6.